The highest BCUT2D eigenvalue weighted by Gasteiger charge is 2.30. The van der Waals surface area contributed by atoms with Crippen molar-refractivity contribution in [1.82, 2.24) is 18.8 Å². The van der Waals surface area contributed by atoms with Crippen molar-refractivity contribution in [3.05, 3.63) is 34.7 Å². The minimum Gasteiger partial charge on any atom is -0.317 e. The standard InChI is InChI=1S/C18H26N4O3S/c1-26(24,25)22-17-5-3-2-4-16(17)21(18(22)23)15-8-12-20(13-9-15)14-6-10-19-11-7-14/h2-5,14-15,19H,6-13H2,1H3. The van der Waals surface area contributed by atoms with E-state index in [0.717, 1.165) is 49.2 Å². The maximum Gasteiger partial charge on any atom is 0.343 e. The van der Waals surface area contributed by atoms with Crippen LogP contribution in [0, 0.1) is 0 Å². The van der Waals surface area contributed by atoms with Gasteiger partial charge in [-0.2, -0.15) is 3.97 Å². The lowest BCUT2D eigenvalue weighted by atomic mass is 9.98. The summed E-state index contributed by atoms with van der Waals surface area (Å²) in [6, 6.07) is 7.86. The number of benzene rings is 1. The van der Waals surface area contributed by atoms with Crippen LogP contribution in [0.2, 0.25) is 0 Å². The van der Waals surface area contributed by atoms with Gasteiger partial charge in [0, 0.05) is 25.2 Å². The molecular formula is C18H26N4O3S. The van der Waals surface area contributed by atoms with Gasteiger partial charge in [-0.1, -0.05) is 12.1 Å². The molecule has 4 rings (SSSR count). The summed E-state index contributed by atoms with van der Waals surface area (Å²) in [5, 5.41) is 3.40. The van der Waals surface area contributed by atoms with E-state index in [1.54, 1.807) is 16.7 Å². The topological polar surface area (TPSA) is 76.3 Å². The summed E-state index contributed by atoms with van der Waals surface area (Å²) in [7, 11) is -3.64. The van der Waals surface area contributed by atoms with Crippen molar-refractivity contribution in [2.45, 2.75) is 37.8 Å². The Balaban J connectivity index is 1.64. The normalized spacial score (nSPS) is 21.4. The molecule has 0 aliphatic carbocycles. The highest BCUT2D eigenvalue weighted by Crippen LogP contribution is 2.28. The first-order chi connectivity index (χ1) is 12.5. The summed E-state index contributed by atoms with van der Waals surface area (Å²) in [6.45, 7) is 4.07. The lowest BCUT2D eigenvalue weighted by Crippen LogP contribution is -2.47. The van der Waals surface area contributed by atoms with Crippen molar-refractivity contribution in [3.63, 3.8) is 0 Å². The zero-order chi connectivity index (χ0) is 18.3. The van der Waals surface area contributed by atoms with Crippen LogP contribution in [0.3, 0.4) is 0 Å². The van der Waals surface area contributed by atoms with Crippen molar-refractivity contribution in [2.24, 2.45) is 0 Å². The fourth-order valence-corrected chi connectivity index (χ4v) is 5.38. The number of nitrogens with one attached hydrogen (secondary N) is 1. The molecule has 3 heterocycles. The monoisotopic (exact) mass is 378 g/mol. The molecule has 1 aromatic carbocycles. The summed E-state index contributed by atoms with van der Waals surface area (Å²) >= 11 is 0. The highest BCUT2D eigenvalue weighted by molar-refractivity contribution is 7.89. The first kappa shape index (κ1) is 17.8. The minimum absolute atomic E-state index is 0.0494. The van der Waals surface area contributed by atoms with Crippen LogP contribution in [0.1, 0.15) is 31.7 Å². The number of likely N-dealkylation sites (tertiary alicyclic amines) is 1. The summed E-state index contributed by atoms with van der Waals surface area (Å²) in [6.07, 6.45) is 5.20. The molecule has 1 N–H and O–H groups in total. The maximum atomic E-state index is 12.9. The predicted molar refractivity (Wildman–Crippen MR) is 102 cm³/mol. The van der Waals surface area contributed by atoms with Crippen LogP contribution in [0.25, 0.3) is 11.0 Å². The summed E-state index contributed by atoms with van der Waals surface area (Å²) in [4.78, 5) is 15.5. The Labute approximate surface area is 153 Å². The Morgan fingerprint density at radius 1 is 0.962 bits per heavy atom. The molecule has 0 amide bonds. The van der Waals surface area contributed by atoms with Crippen LogP contribution >= 0.6 is 0 Å². The van der Waals surface area contributed by atoms with Crippen LogP contribution in [0.15, 0.2) is 29.1 Å². The second-order valence-corrected chi connectivity index (χ2v) is 9.25. The SMILES string of the molecule is CS(=O)(=O)n1c(=O)n(C2CCN(C3CCNCC3)CC2)c2ccccc21. The first-order valence-corrected chi connectivity index (χ1v) is 11.2. The van der Waals surface area contributed by atoms with E-state index in [0.29, 0.717) is 17.1 Å². The number of para-hydroxylation sites is 2. The zero-order valence-corrected chi connectivity index (χ0v) is 15.9. The molecule has 0 atom stereocenters. The van der Waals surface area contributed by atoms with Crippen LogP contribution in [0.5, 0.6) is 0 Å². The molecule has 2 aliphatic rings. The fraction of sp³-hybridized carbons (Fsp3) is 0.611. The fourth-order valence-electron chi connectivity index (χ4n) is 4.50. The third-order valence-corrected chi connectivity index (χ3v) is 6.78. The largest absolute Gasteiger partial charge is 0.343 e. The quantitative estimate of drug-likeness (QED) is 0.862. The molecule has 0 bridgehead atoms. The molecular weight excluding hydrogens is 352 g/mol. The first-order valence-electron chi connectivity index (χ1n) is 9.34. The van der Waals surface area contributed by atoms with E-state index in [4.69, 9.17) is 0 Å². The zero-order valence-electron chi connectivity index (χ0n) is 15.1. The average Bonchev–Trinajstić information content (AvgIpc) is 2.94. The van der Waals surface area contributed by atoms with Crippen molar-refractivity contribution in [2.75, 3.05) is 32.4 Å². The van der Waals surface area contributed by atoms with E-state index in [9.17, 15) is 13.2 Å². The molecule has 142 valence electrons. The Bertz CT molecular complexity index is 948. The number of nitrogens with zero attached hydrogens (tertiary/aromatic N) is 3. The number of piperidine rings is 2. The predicted octanol–water partition coefficient (Wildman–Crippen LogP) is 1.000. The van der Waals surface area contributed by atoms with Gasteiger partial charge in [-0.3, -0.25) is 4.57 Å². The van der Waals surface area contributed by atoms with Gasteiger partial charge < -0.3 is 10.2 Å². The van der Waals surface area contributed by atoms with Gasteiger partial charge in [0.2, 0.25) is 10.0 Å². The van der Waals surface area contributed by atoms with Crippen molar-refractivity contribution >= 4 is 21.1 Å². The summed E-state index contributed by atoms with van der Waals surface area (Å²) in [5.41, 5.74) is 0.748. The molecule has 0 saturated carbocycles. The molecule has 2 fully saturated rings. The lowest BCUT2D eigenvalue weighted by Gasteiger charge is -2.39. The molecule has 0 spiro atoms. The van der Waals surface area contributed by atoms with Crippen molar-refractivity contribution < 1.29 is 8.42 Å². The Kier molecular flexibility index (Phi) is 4.66. The van der Waals surface area contributed by atoms with Gasteiger partial charge in [0.25, 0.3) is 0 Å². The molecule has 0 radical (unpaired) electrons. The van der Waals surface area contributed by atoms with E-state index in [1.807, 2.05) is 12.1 Å². The van der Waals surface area contributed by atoms with E-state index in [2.05, 4.69) is 10.2 Å². The molecule has 0 unspecified atom stereocenters. The second-order valence-electron chi connectivity index (χ2n) is 7.42. The molecule has 2 aromatic rings. The van der Waals surface area contributed by atoms with Crippen LogP contribution in [0.4, 0.5) is 0 Å². The Hall–Kier alpha value is -1.64. The van der Waals surface area contributed by atoms with Crippen LogP contribution in [-0.2, 0) is 10.0 Å². The van der Waals surface area contributed by atoms with Gasteiger partial charge in [0.15, 0.2) is 0 Å². The van der Waals surface area contributed by atoms with Gasteiger partial charge in [-0.25, -0.2) is 13.2 Å². The van der Waals surface area contributed by atoms with Crippen LogP contribution in [-0.4, -0.2) is 60.3 Å². The van der Waals surface area contributed by atoms with E-state index >= 15 is 0 Å². The highest BCUT2D eigenvalue weighted by atomic mass is 32.2. The van der Waals surface area contributed by atoms with E-state index < -0.39 is 15.7 Å². The van der Waals surface area contributed by atoms with Gasteiger partial charge >= 0.3 is 5.69 Å². The maximum absolute atomic E-state index is 12.9. The molecule has 26 heavy (non-hydrogen) atoms. The van der Waals surface area contributed by atoms with Crippen molar-refractivity contribution in [1.29, 1.82) is 0 Å². The van der Waals surface area contributed by atoms with Gasteiger partial charge in [-0.05, 0) is 50.9 Å². The number of fused-ring (bicyclic) bond motifs is 1. The Morgan fingerprint density at radius 3 is 2.19 bits per heavy atom. The molecule has 7 nitrogen and oxygen atoms in total. The number of hydrogen-bond acceptors (Lipinski definition) is 5. The van der Waals surface area contributed by atoms with E-state index in [1.165, 1.54) is 12.8 Å². The van der Waals surface area contributed by atoms with Gasteiger partial charge in [0.1, 0.15) is 0 Å². The second kappa shape index (κ2) is 6.83. The lowest BCUT2D eigenvalue weighted by molar-refractivity contribution is 0.113. The number of hydrogen-bond donors (Lipinski definition) is 1. The third-order valence-electron chi connectivity index (χ3n) is 5.76. The Morgan fingerprint density at radius 2 is 1.58 bits per heavy atom. The molecule has 8 heteroatoms. The molecule has 2 aliphatic heterocycles. The number of imidazole rings is 1. The van der Waals surface area contributed by atoms with Crippen molar-refractivity contribution in [3.8, 4) is 0 Å². The summed E-state index contributed by atoms with van der Waals surface area (Å²) < 4.78 is 27.0. The number of rotatable bonds is 3. The molecule has 1 aromatic heterocycles. The van der Waals surface area contributed by atoms with Gasteiger partial charge in [0.05, 0.1) is 17.3 Å². The third kappa shape index (κ3) is 3.10. The summed E-state index contributed by atoms with van der Waals surface area (Å²) in [5.74, 6) is 0. The minimum atomic E-state index is -3.64. The number of aromatic nitrogens is 2. The smallest absolute Gasteiger partial charge is 0.317 e. The average molecular weight is 378 g/mol. The van der Waals surface area contributed by atoms with Crippen LogP contribution < -0.4 is 11.0 Å². The molecule has 2 saturated heterocycles. The van der Waals surface area contributed by atoms with E-state index in [-0.39, 0.29) is 6.04 Å². The van der Waals surface area contributed by atoms with Gasteiger partial charge in [-0.15, -0.1) is 0 Å².